The average molecular weight is 420 g/mol. The zero-order valence-corrected chi connectivity index (χ0v) is 16.5. The van der Waals surface area contributed by atoms with E-state index < -0.39 is 21.0 Å². The van der Waals surface area contributed by atoms with E-state index in [1.165, 1.54) is 19.2 Å². The largest absolute Gasteiger partial charge is 0.324 e. The third kappa shape index (κ3) is 4.93. The molecule has 0 bridgehead atoms. The van der Waals surface area contributed by atoms with Gasteiger partial charge in [0.25, 0.3) is 5.69 Å². The van der Waals surface area contributed by atoms with E-state index in [2.05, 4.69) is 4.72 Å². The number of halogens is 2. The summed E-state index contributed by atoms with van der Waals surface area (Å²) < 4.78 is 26.6. The van der Waals surface area contributed by atoms with Crippen LogP contribution in [0.2, 0.25) is 5.02 Å². The Bertz CT molecular complexity index is 920. The predicted molar refractivity (Wildman–Crippen MR) is 103 cm³/mol. The van der Waals surface area contributed by atoms with Crippen molar-refractivity contribution in [1.29, 1.82) is 0 Å². The van der Waals surface area contributed by atoms with Gasteiger partial charge in [-0.3, -0.25) is 10.1 Å². The quantitative estimate of drug-likeness (QED) is 0.550. The fraction of sp³-hybridized carbons (Fsp3) is 0.250. The number of nitrogens with one attached hydrogen (secondary N) is 1. The zero-order chi connectivity index (χ0) is 18.8. The number of nitro benzene ring substituents is 1. The summed E-state index contributed by atoms with van der Waals surface area (Å²) in [6.45, 7) is 1.84. The number of hydrogen-bond acceptors (Lipinski definition) is 5. The number of non-ortho nitro benzene ring substituents is 1. The first-order valence-electron chi connectivity index (χ1n) is 7.38. The second kappa shape index (κ2) is 8.79. The summed E-state index contributed by atoms with van der Waals surface area (Å²) in [5.74, 6) is 0. The lowest BCUT2D eigenvalue weighted by atomic mass is 9.98. The monoisotopic (exact) mass is 419 g/mol. The molecule has 2 rings (SSSR count). The Kier molecular flexibility index (Phi) is 7.55. The van der Waals surface area contributed by atoms with Gasteiger partial charge < -0.3 is 5.73 Å². The van der Waals surface area contributed by atoms with Crippen LogP contribution in [-0.2, 0) is 16.4 Å². The highest BCUT2D eigenvalue weighted by Gasteiger charge is 2.22. The van der Waals surface area contributed by atoms with Gasteiger partial charge in [0.15, 0.2) is 0 Å². The van der Waals surface area contributed by atoms with Crippen LogP contribution in [0.15, 0.2) is 41.3 Å². The Labute approximate surface area is 163 Å². The molecular formula is C16H19Cl2N3O4S. The van der Waals surface area contributed by atoms with Gasteiger partial charge in [-0.1, -0.05) is 23.7 Å². The summed E-state index contributed by atoms with van der Waals surface area (Å²) in [6, 6.07) is 8.37. The van der Waals surface area contributed by atoms with Crippen LogP contribution in [0.25, 0.3) is 0 Å². The van der Waals surface area contributed by atoms with E-state index in [9.17, 15) is 18.5 Å². The van der Waals surface area contributed by atoms with Gasteiger partial charge >= 0.3 is 0 Å². The predicted octanol–water partition coefficient (Wildman–Crippen LogP) is 3.13. The maximum absolute atomic E-state index is 12.2. The van der Waals surface area contributed by atoms with Crippen molar-refractivity contribution in [3.63, 3.8) is 0 Å². The maximum atomic E-state index is 12.2. The smallest absolute Gasteiger partial charge is 0.269 e. The van der Waals surface area contributed by atoms with Gasteiger partial charge in [0.05, 0.1) is 9.82 Å². The van der Waals surface area contributed by atoms with Gasteiger partial charge in [0, 0.05) is 23.2 Å². The summed E-state index contributed by atoms with van der Waals surface area (Å²) >= 11 is 6.00. The van der Waals surface area contributed by atoms with Crippen molar-refractivity contribution in [2.75, 3.05) is 7.05 Å². The molecule has 0 aliphatic carbocycles. The lowest BCUT2D eigenvalue weighted by molar-refractivity contribution is -0.385. The minimum Gasteiger partial charge on any atom is -0.324 e. The minimum absolute atomic E-state index is 0. The number of hydrogen-bond donors (Lipinski definition) is 2. The molecule has 0 amide bonds. The van der Waals surface area contributed by atoms with Gasteiger partial charge in [0.1, 0.15) is 0 Å². The summed E-state index contributed by atoms with van der Waals surface area (Å²) in [6.07, 6.45) is 0.124. The standard InChI is InChI=1S/C16H18ClN3O4S.ClH/c1-10-7-11(3-5-14(10)17)15(18)9-12-8-13(20(21)22)4-6-16(12)25(23,24)19-2;/h3-8,15,19H,9,18H2,1-2H3;1H/t15-;/m0./s1. The molecule has 0 saturated heterocycles. The first-order chi connectivity index (χ1) is 11.7. The Morgan fingerprint density at radius 1 is 1.27 bits per heavy atom. The minimum atomic E-state index is -3.76. The molecule has 7 nitrogen and oxygen atoms in total. The number of benzene rings is 2. The van der Waals surface area contributed by atoms with Crippen LogP contribution in [0.3, 0.4) is 0 Å². The van der Waals surface area contributed by atoms with Crippen molar-refractivity contribution in [3.8, 4) is 0 Å². The van der Waals surface area contributed by atoms with Crippen LogP contribution >= 0.6 is 24.0 Å². The fourth-order valence-electron chi connectivity index (χ4n) is 2.46. The molecule has 0 heterocycles. The molecule has 0 aliphatic rings. The average Bonchev–Trinajstić information content (AvgIpc) is 2.56. The summed E-state index contributed by atoms with van der Waals surface area (Å²) in [7, 11) is -2.48. The van der Waals surface area contributed by atoms with Crippen LogP contribution < -0.4 is 10.5 Å². The van der Waals surface area contributed by atoms with E-state index in [1.807, 2.05) is 13.0 Å². The maximum Gasteiger partial charge on any atom is 0.269 e. The first-order valence-corrected chi connectivity index (χ1v) is 9.24. The van der Waals surface area contributed by atoms with E-state index in [1.54, 1.807) is 12.1 Å². The number of sulfonamides is 1. The van der Waals surface area contributed by atoms with Crippen molar-refractivity contribution in [1.82, 2.24) is 4.72 Å². The molecule has 142 valence electrons. The molecule has 10 heteroatoms. The molecule has 0 saturated carbocycles. The normalized spacial score (nSPS) is 12.3. The molecule has 0 unspecified atom stereocenters. The highest BCUT2D eigenvalue weighted by molar-refractivity contribution is 7.89. The highest BCUT2D eigenvalue weighted by atomic mass is 35.5. The molecule has 0 fully saturated rings. The van der Waals surface area contributed by atoms with E-state index in [0.29, 0.717) is 5.02 Å². The Balaban J connectivity index is 0.00000338. The topological polar surface area (TPSA) is 115 Å². The molecular weight excluding hydrogens is 401 g/mol. The number of nitrogens with zero attached hydrogens (tertiary/aromatic N) is 1. The van der Waals surface area contributed by atoms with E-state index in [-0.39, 0.29) is 35.0 Å². The lowest BCUT2D eigenvalue weighted by Crippen LogP contribution is -2.22. The van der Waals surface area contributed by atoms with Gasteiger partial charge in [0.2, 0.25) is 10.0 Å². The van der Waals surface area contributed by atoms with Crippen LogP contribution in [0.5, 0.6) is 0 Å². The first kappa shape index (κ1) is 22.3. The molecule has 1 atom stereocenters. The fourth-order valence-corrected chi connectivity index (χ4v) is 3.54. The highest BCUT2D eigenvalue weighted by Crippen LogP contribution is 2.27. The molecule has 2 aromatic rings. The van der Waals surface area contributed by atoms with Crippen molar-refractivity contribution >= 4 is 39.7 Å². The number of aryl methyl sites for hydroxylation is 1. The van der Waals surface area contributed by atoms with Crippen LogP contribution in [0.4, 0.5) is 5.69 Å². The number of rotatable bonds is 6. The number of nitrogens with two attached hydrogens (primary N) is 1. The SMILES string of the molecule is CNS(=O)(=O)c1ccc([N+](=O)[O-])cc1C[C@H](N)c1ccc(Cl)c(C)c1.Cl. The van der Waals surface area contributed by atoms with Crippen molar-refractivity contribution < 1.29 is 13.3 Å². The molecule has 0 spiro atoms. The number of nitro groups is 1. The molecule has 0 aliphatic heterocycles. The van der Waals surface area contributed by atoms with Gasteiger partial charge in [-0.25, -0.2) is 13.1 Å². The van der Waals surface area contributed by atoms with Crippen molar-refractivity contribution in [3.05, 3.63) is 68.2 Å². The van der Waals surface area contributed by atoms with E-state index in [4.69, 9.17) is 17.3 Å². The van der Waals surface area contributed by atoms with Crippen LogP contribution in [0, 0.1) is 17.0 Å². The van der Waals surface area contributed by atoms with Crippen molar-refractivity contribution in [2.45, 2.75) is 24.3 Å². The lowest BCUT2D eigenvalue weighted by Gasteiger charge is -2.16. The molecule has 2 aromatic carbocycles. The van der Waals surface area contributed by atoms with Crippen LogP contribution in [0.1, 0.15) is 22.7 Å². The second-order valence-electron chi connectivity index (χ2n) is 5.58. The molecule has 3 N–H and O–H groups in total. The molecule has 0 radical (unpaired) electrons. The van der Waals surface area contributed by atoms with Gasteiger partial charge in [-0.05, 0) is 49.2 Å². The Hall–Kier alpha value is -1.71. The third-order valence-corrected chi connectivity index (χ3v) is 5.80. The summed E-state index contributed by atoms with van der Waals surface area (Å²) in [5.41, 5.74) is 7.90. The van der Waals surface area contributed by atoms with Crippen LogP contribution in [-0.4, -0.2) is 20.4 Å². The second-order valence-corrected chi connectivity index (χ2v) is 7.84. The van der Waals surface area contributed by atoms with Gasteiger partial charge in [-0.2, -0.15) is 0 Å². The van der Waals surface area contributed by atoms with Gasteiger partial charge in [-0.15, -0.1) is 12.4 Å². The van der Waals surface area contributed by atoms with E-state index in [0.717, 1.165) is 17.2 Å². The van der Waals surface area contributed by atoms with E-state index >= 15 is 0 Å². The third-order valence-electron chi connectivity index (χ3n) is 3.86. The zero-order valence-electron chi connectivity index (χ0n) is 14.1. The van der Waals surface area contributed by atoms with Crippen molar-refractivity contribution in [2.24, 2.45) is 5.73 Å². The summed E-state index contributed by atoms with van der Waals surface area (Å²) in [5, 5.41) is 11.6. The molecule has 0 aromatic heterocycles. The summed E-state index contributed by atoms with van der Waals surface area (Å²) in [4.78, 5) is 10.4. The Morgan fingerprint density at radius 2 is 1.92 bits per heavy atom. The molecule has 26 heavy (non-hydrogen) atoms. The Morgan fingerprint density at radius 3 is 2.46 bits per heavy atom.